The molecule has 16 heavy (non-hydrogen) atoms. The maximum atomic E-state index is 11.4. The molecule has 0 aliphatic carbocycles. The fraction of sp³-hybridized carbons (Fsp3) is 0.167. The van der Waals surface area contributed by atoms with Gasteiger partial charge in [-0.3, -0.25) is 9.59 Å². The lowest BCUT2D eigenvalue weighted by Crippen LogP contribution is -1.94. The van der Waals surface area contributed by atoms with Gasteiger partial charge >= 0.3 is 0 Å². The minimum atomic E-state index is 0.0469. The lowest BCUT2D eigenvalue weighted by molar-refractivity contribution is 0.101. The van der Waals surface area contributed by atoms with Gasteiger partial charge < -0.3 is 0 Å². The van der Waals surface area contributed by atoms with Crippen LogP contribution in [0.4, 0.5) is 0 Å². The van der Waals surface area contributed by atoms with E-state index in [2.05, 4.69) is 0 Å². The van der Waals surface area contributed by atoms with Crippen molar-refractivity contribution < 1.29 is 9.59 Å². The molecule has 0 bridgehead atoms. The molecule has 0 radical (unpaired) electrons. The zero-order chi connectivity index (χ0) is 11.7. The first-order valence-electron chi connectivity index (χ1n) is 4.78. The van der Waals surface area contributed by atoms with E-state index >= 15 is 0 Å². The molecule has 0 unspecified atom stereocenters. The predicted molar refractivity (Wildman–Crippen MR) is 67.6 cm³/mol. The van der Waals surface area contributed by atoms with Crippen LogP contribution in [0.2, 0.25) is 0 Å². The molecule has 0 aliphatic heterocycles. The van der Waals surface area contributed by atoms with E-state index in [1.807, 2.05) is 22.9 Å². The van der Waals surface area contributed by atoms with Gasteiger partial charge in [0, 0.05) is 11.1 Å². The van der Waals surface area contributed by atoms with Crippen LogP contribution in [0, 0.1) is 0 Å². The minimum Gasteiger partial charge on any atom is -0.294 e. The summed E-state index contributed by atoms with van der Waals surface area (Å²) in [5.41, 5.74) is 1.76. The first-order chi connectivity index (χ1) is 7.61. The Morgan fingerprint density at radius 2 is 1.25 bits per heavy atom. The summed E-state index contributed by atoms with van der Waals surface area (Å²) in [5, 5.41) is 3.77. The van der Waals surface area contributed by atoms with Gasteiger partial charge in [-0.05, 0) is 36.7 Å². The van der Waals surface area contributed by atoms with Gasteiger partial charge in [0.25, 0.3) is 0 Å². The predicted octanol–water partition coefficient (Wildman–Crippen LogP) is 3.88. The van der Waals surface area contributed by atoms with Crippen molar-refractivity contribution in [3.8, 4) is 11.1 Å². The maximum Gasteiger partial charge on any atom is 0.170 e. The van der Waals surface area contributed by atoms with Crippen LogP contribution in [-0.4, -0.2) is 11.6 Å². The number of thiophene rings is 2. The van der Waals surface area contributed by atoms with Crippen LogP contribution in [-0.2, 0) is 0 Å². The molecular weight excluding hydrogens is 240 g/mol. The van der Waals surface area contributed by atoms with Crippen LogP contribution in [0.1, 0.15) is 33.2 Å². The average molecular weight is 250 g/mol. The van der Waals surface area contributed by atoms with Crippen molar-refractivity contribution in [2.24, 2.45) is 0 Å². The molecule has 0 amide bonds. The normalized spacial score (nSPS) is 10.4. The number of carbonyl (C=O) groups excluding carboxylic acids is 2. The third-order valence-corrected chi connectivity index (χ3v) is 4.29. The highest BCUT2D eigenvalue weighted by molar-refractivity contribution is 7.13. The Bertz CT molecular complexity index is 499. The zero-order valence-electron chi connectivity index (χ0n) is 8.94. The Kier molecular flexibility index (Phi) is 3.03. The lowest BCUT2D eigenvalue weighted by Gasteiger charge is -2.00. The van der Waals surface area contributed by atoms with Crippen LogP contribution in [0.25, 0.3) is 11.1 Å². The van der Waals surface area contributed by atoms with E-state index in [-0.39, 0.29) is 11.6 Å². The van der Waals surface area contributed by atoms with Crippen LogP contribution in [0.5, 0.6) is 0 Å². The van der Waals surface area contributed by atoms with Gasteiger partial charge in [-0.15, -0.1) is 22.7 Å². The number of hydrogen-bond acceptors (Lipinski definition) is 4. The summed E-state index contributed by atoms with van der Waals surface area (Å²) < 4.78 is 0. The van der Waals surface area contributed by atoms with Gasteiger partial charge in [0.2, 0.25) is 0 Å². The minimum absolute atomic E-state index is 0.0469. The lowest BCUT2D eigenvalue weighted by atomic mass is 10.1. The molecule has 0 saturated carbocycles. The van der Waals surface area contributed by atoms with Gasteiger partial charge in [0.15, 0.2) is 11.6 Å². The number of carbonyl (C=O) groups is 2. The molecule has 0 saturated heterocycles. The molecule has 2 aromatic heterocycles. The Morgan fingerprint density at radius 3 is 1.56 bits per heavy atom. The zero-order valence-corrected chi connectivity index (χ0v) is 10.6. The Labute approximate surface area is 102 Å². The van der Waals surface area contributed by atoms with Gasteiger partial charge in [-0.25, -0.2) is 0 Å². The summed E-state index contributed by atoms with van der Waals surface area (Å²) in [7, 11) is 0. The first-order valence-corrected chi connectivity index (χ1v) is 6.54. The van der Waals surface area contributed by atoms with Crippen molar-refractivity contribution in [3.05, 3.63) is 32.6 Å². The Balaban J connectivity index is 2.59. The van der Waals surface area contributed by atoms with Gasteiger partial charge in [0.1, 0.15) is 0 Å². The number of rotatable bonds is 3. The molecule has 0 atom stereocenters. The van der Waals surface area contributed by atoms with E-state index < -0.39 is 0 Å². The SMILES string of the molecule is CC(=O)c1sccc1-c1ccsc1C(C)=O. The second-order valence-corrected chi connectivity index (χ2v) is 5.27. The van der Waals surface area contributed by atoms with Crippen LogP contribution < -0.4 is 0 Å². The fourth-order valence-electron chi connectivity index (χ4n) is 1.59. The van der Waals surface area contributed by atoms with E-state index in [1.54, 1.807) is 13.8 Å². The van der Waals surface area contributed by atoms with Crippen molar-refractivity contribution in [2.45, 2.75) is 13.8 Å². The standard InChI is InChI=1S/C12H10O2S2/c1-7(13)11-9(3-5-15-11)10-4-6-16-12(10)8(2)14/h3-6H,1-2H3. The fourth-order valence-corrected chi connectivity index (χ4v) is 3.21. The molecule has 0 N–H and O–H groups in total. The van der Waals surface area contributed by atoms with Crippen LogP contribution in [0.15, 0.2) is 22.9 Å². The highest BCUT2D eigenvalue weighted by Gasteiger charge is 2.16. The van der Waals surface area contributed by atoms with Crippen molar-refractivity contribution in [1.29, 1.82) is 0 Å². The van der Waals surface area contributed by atoms with E-state index in [0.717, 1.165) is 20.9 Å². The monoisotopic (exact) mass is 250 g/mol. The number of ketones is 2. The summed E-state index contributed by atoms with van der Waals surface area (Å²) in [6, 6.07) is 3.80. The quantitative estimate of drug-likeness (QED) is 0.775. The average Bonchev–Trinajstić information content (AvgIpc) is 2.85. The van der Waals surface area contributed by atoms with Crippen LogP contribution >= 0.6 is 22.7 Å². The molecule has 0 aliphatic rings. The topological polar surface area (TPSA) is 34.1 Å². The molecule has 4 heteroatoms. The van der Waals surface area contributed by atoms with Crippen molar-refractivity contribution in [3.63, 3.8) is 0 Å². The third kappa shape index (κ3) is 1.86. The van der Waals surface area contributed by atoms with E-state index in [0.29, 0.717) is 0 Å². The summed E-state index contributed by atoms with van der Waals surface area (Å²) in [6.45, 7) is 3.10. The largest absolute Gasteiger partial charge is 0.294 e. The Morgan fingerprint density at radius 1 is 0.875 bits per heavy atom. The van der Waals surface area contributed by atoms with E-state index in [1.165, 1.54) is 22.7 Å². The van der Waals surface area contributed by atoms with Gasteiger partial charge in [-0.2, -0.15) is 0 Å². The highest BCUT2D eigenvalue weighted by atomic mass is 32.1. The van der Waals surface area contributed by atoms with Gasteiger partial charge in [-0.1, -0.05) is 0 Å². The summed E-state index contributed by atoms with van der Waals surface area (Å²) in [4.78, 5) is 24.3. The first kappa shape index (κ1) is 11.2. The Hall–Kier alpha value is -1.26. The summed E-state index contributed by atoms with van der Waals surface area (Å²) >= 11 is 2.84. The molecule has 2 aromatic rings. The summed E-state index contributed by atoms with van der Waals surface area (Å²) in [6.07, 6.45) is 0. The molecule has 2 rings (SSSR count). The molecular formula is C12H10O2S2. The molecule has 2 heterocycles. The van der Waals surface area contributed by atoms with Gasteiger partial charge in [0.05, 0.1) is 9.75 Å². The smallest absolute Gasteiger partial charge is 0.170 e. The molecule has 82 valence electrons. The van der Waals surface area contributed by atoms with E-state index in [4.69, 9.17) is 0 Å². The maximum absolute atomic E-state index is 11.4. The number of Topliss-reactive ketones (excluding diaryl/α,β-unsaturated/α-hetero) is 2. The highest BCUT2D eigenvalue weighted by Crippen LogP contribution is 2.34. The van der Waals surface area contributed by atoms with Crippen molar-refractivity contribution >= 4 is 34.2 Å². The molecule has 2 nitrogen and oxygen atoms in total. The van der Waals surface area contributed by atoms with E-state index in [9.17, 15) is 9.59 Å². The summed E-state index contributed by atoms with van der Waals surface area (Å²) in [5.74, 6) is 0.0939. The second kappa shape index (κ2) is 4.31. The molecule has 0 spiro atoms. The molecule has 0 aromatic carbocycles. The second-order valence-electron chi connectivity index (χ2n) is 3.44. The third-order valence-electron chi connectivity index (χ3n) is 2.26. The van der Waals surface area contributed by atoms with Crippen LogP contribution in [0.3, 0.4) is 0 Å². The van der Waals surface area contributed by atoms with Crippen molar-refractivity contribution in [2.75, 3.05) is 0 Å². The van der Waals surface area contributed by atoms with Crippen molar-refractivity contribution in [1.82, 2.24) is 0 Å². The molecule has 0 fully saturated rings. The number of hydrogen-bond donors (Lipinski definition) is 0.